The van der Waals surface area contributed by atoms with Crippen molar-refractivity contribution in [1.29, 1.82) is 5.26 Å². The lowest BCUT2D eigenvalue weighted by Gasteiger charge is -2.07. The number of ether oxygens (including phenoxy) is 1. The average Bonchev–Trinajstić information content (AvgIpc) is 2.74. The number of hydrogen-bond acceptors (Lipinski definition) is 6. The molecule has 0 radical (unpaired) electrons. The second kappa shape index (κ2) is 7.61. The first-order chi connectivity index (χ1) is 9.15. The number of nitrogens with two attached hydrogens (primary N) is 1. The van der Waals surface area contributed by atoms with Gasteiger partial charge < -0.3 is 21.1 Å². The minimum Gasteiger partial charge on any atom is -0.396 e. The molecule has 1 amide bonds. The standard InChI is InChI=1S/C12H18N4O2S/c1-3-18-6-4-5-16-12-9(11(17)15-2)10(14)8(7-13)19-12/h16H,3-6,14H2,1-2H3,(H,15,17). The topological polar surface area (TPSA) is 100 Å². The summed E-state index contributed by atoms with van der Waals surface area (Å²) in [6.45, 7) is 3.95. The first-order valence-corrected chi connectivity index (χ1v) is 6.83. The van der Waals surface area contributed by atoms with E-state index in [0.29, 0.717) is 35.2 Å². The van der Waals surface area contributed by atoms with Crippen LogP contribution in [-0.4, -0.2) is 32.7 Å². The van der Waals surface area contributed by atoms with Crippen molar-refractivity contribution in [3.05, 3.63) is 10.4 Å². The Labute approximate surface area is 116 Å². The molecule has 0 unspecified atom stereocenters. The maximum atomic E-state index is 11.8. The third kappa shape index (κ3) is 3.84. The Hall–Kier alpha value is -1.78. The Morgan fingerprint density at radius 2 is 2.32 bits per heavy atom. The maximum absolute atomic E-state index is 11.8. The molecule has 0 spiro atoms. The summed E-state index contributed by atoms with van der Waals surface area (Å²) in [7, 11) is 1.53. The zero-order valence-electron chi connectivity index (χ0n) is 11.1. The van der Waals surface area contributed by atoms with Crippen LogP contribution >= 0.6 is 11.3 Å². The van der Waals surface area contributed by atoms with Gasteiger partial charge in [-0.1, -0.05) is 0 Å². The van der Waals surface area contributed by atoms with Crippen LogP contribution in [-0.2, 0) is 4.74 Å². The summed E-state index contributed by atoms with van der Waals surface area (Å²) in [4.78, 5) is 12.1. The van der Waals surface area contributed by atoms with E-state index in [4.69, 9.17) is 15.7 Å². The summed E-state index contributed by atoms with van der Waals surface area (Å²) in [5.41, 5.74) is 6.39. The van der Waals surface area contributed by atoms with Crippen LogP contribution in [0.5, 0.6) is 0 Å². The van der Waals surface area contributed by atoms with Gasteiger partial charge in [0.25, 0.3) is 5.91 Å². The van der Waals surface area contributed by atoms with Gasteiger partial charge in [0.1, 0.15) is 15.9 Å². The molecule has 0 aliphatic rings. The molecule has 0 fully saturated rings. The quantitative estimate of drug-likeness (QED) is 0.656. The molecular weight excluding hydrogens is 264 g/mol. The summed E-state index contributed by atoms with van der Waals surface area (Å²) in [6, 6.07) is 1.99. The molecule has 6 nitrogen and oxygen atoms in total. The molecule has 1 aromatic rings. The van der Waals surface area contributed by atoms with Crippen LogP contribution in [0.3, 0.4) is 0 Å². The zero-order chi connectivity index (χ0) is 14.3. The van der Waals surface area contributed by atoms with E-state index in [0.717, 1.165) is 6.42 Å². The molecule has 0 atom stereocenters. The predicted molar refractivity (Wildman–Crippen MR) is 76.4 cm³/mol. The molecule has 4 N–H and O–H groups in total. The lowest BCUT2D eigenvalue weighted by atomic mass is 10.2. The monoisotopic (exact) mass is 282 g/mol. The molecule has 1 heterocycles. The number of amides is 1. The van der Waals surface area contributed by atoms with E-state index in [9.17, 15) is 4.79 Å². The fourth-order valence-electron chi connectivity index (χ4n) is 1.52. The number of nitrogens with one attached hydrogen (secondary N) is 2. The van der Waals surface area contributed by atoms with Gasteiger partial charge >= 0.3 is 0 Å². The van der Waals surface area contributed by atoms with Crippen LogP contribution in [0.25, 0.3) is 0 Å². The third-order valence-corrected chi connectivity index (χ3v) is 3.52. The molecule has 0 aromatic carbocycles. The van der Waals surface area contributed by atoms with Crippen LogP contribution in [0.1, 0.15) is 28.6 Å². The van der Waals surface area contributed by atoms with Crippen molar-refractivity contribution < 1.29 is 9.53 Å². The van der Waals surface area contributed by atoms with E-state index in [2.05, 4.69) is 10.6 Å². The Morgan fingerprint density at radius 1 is 1.58 bits per heavy atom. The van der Waals surface area contributed by atoms with Crippen molar-refractivity contribution in [2.24, 2.45) is 0 Å². The van der Waals surface area contributed by atoms with Gasteiger partial charge in [-0.25, -0.2) is 0 Å². The molecule has 0 saturated heterocycles. The highest BCUT2D eigenvalue weighted by Crippen LogP contribution is 2.35. The summed E-state index contributed by atoms with van der Waals surface area (Å²) >= 11 is 1.19. The fourth-order valence-corrected chi connectivity index (χ4v) is 2.46. The normalized spacial score (nSPS) is 9.95. The number of nitrogen functional groups attached to an aromatic ring is 1. The molecule has 7 heteroatoms. The minimum atomic E-state index is -0.289. The van der Waals surface area contributed by atoms with E-state index in [1.165, 1.54) is 18.4 Å². The van der Waals surface area contributed by atoms with E-state index in [-0.39, 0.29) is 11.6 Å². The molecule has 104 valence electrons. The predicted octanol–water partition coefficient (Wildman–Crippen LogP) is 1.40. The first kappa shape index (κ1) is 15.3. The Bertz CT molecular complexity index is 479. The molecule has 0 aliphatic heterocycles. The Morgan fingerprint density at radius 3 is 2.89 bits per heavy atom. The van der Waals surface area contributed by atoms with Crippen LogP contribution in [0.4, 0.5) is 10.7 Å². The van der Waals surface area contributed by atoms with Crippen molar-refractivity contribution >= 4 is 27.9 Å². The number of hydrogen-bond donors (Lipinski definition) is 3. The van der Waals surface area contributed by atoms with Gasteiger partial charge in [0.15, 0.2) is 0 Å². The zero-order valence-corrected chi connectivity index (χ0v) is 11.9. The number of nitrogens with zero attached hydrogens (tertiary/aromatic N) is 1. The Balaban J connectivity index is 2.76. The molecule has 1 aromatic heterocycles. The molecule has 1 rings (SSSR count). The van der Waals surface area contributed by atoms with Crippen LogP contribution in [0.2, 0.25) is 0 Å². The highest BCUT2D eigenvalue weighted by Gasteiger charge is 2.20. The van der Waals surface area contributed by atoms with Gasteiger partial charge in [-0.15, -0.1) is 11.3 Å². The van der Waals surface area contributed by atoms with Crippen molar-refractivity contribution in [2.45, 2.75) is 13.3 Å². The molecule has 0 saturated carbocycles. The lowest BCUT2D eigenvalue weighted by Crippen LogP contribution is -2.20. The third-order valence-electron chi connectivity index (χ3n) is 2.46. The van der Waals surface area contributed by atoms with E-state index < -0.39 is 0 Å². The molecule has 0 bridgehead atoms. The van der Waals surface area contributed by atoms with Gasteiger partial charge in [-0.05, 0) is 13.3 Å². The molecule has 19 heavy (non-hydrogen) atoms. The smallest absolute Gasteiger partial charge is 0.256 e. The Kier molecular flexibility index (Phi) is 6.12. The second-order valence-electron chi connectivity index (χ2n) is 3.72. The van der Waals surface area contributed by atoms with E-state index >= 15 is 0 Å². The molecule has 0 aliphatic carbocycles. The first-order valence-electron chi connectivity index (χ1n) is 6.01. The number of rotatable bonds is 7. The molecular formula is C12H18N4O2S. The second-order valence-corrected chi connectivity index (χ2v) is 4.74. The summed E-state index contributed by atoms with van der Waals surface area (Å²) in [6.07, 6.45) is 0.820. The summed E-state index contributed by atoms with van der Waals surface area (Å²) in [5, 5.41) is 15.2. The van der Waals surface area contributed by atoms with Gasteiger partial charge in [0.2, 0.25) is 0 Å². The largest absolute Gasteiger partial charge is 0.396 e. The number of carbonyl (C=O) groups excluding carboxylic acids is 1. The highest BCUT2D eigenvalue weighted by atomic mass is 32.1. The SMILES string of the molecule is CCOCCCNc1sc(C#N)c(N)c1C(=O)NC. The summed E-state index contributed by atoms with van der Waals surface area (Å²) in [5.74, 6) is -0.289. The number of anilines is 2. The van der Waals surface area contributed by atoms with Crippen molar-refractivity contribution in [3.8, 4) is 6.07 Å². The highest BCUT2D eigenvalue weighted by molar-refractivity contribution is 7.17. The fraction of sp³-hybridized carbons (Fsp3) is 0.500. The van der Waals surface area contributed by atoms with Crippen molar-refractivity contribution in [1.82, 2.24) is 5.32 Å². The number of thiophene rings is 1. The summed E-state index contributed by atoms with van der Waals surface area (Å²) < 4.78 is 5.23. The lowest BCUT2D eigenvalue weighted by molar-refractivity contribution is 0.0965. The van der Waals surface area contributed by atoms with Gasteiger partial charge in [-0.2, -0.15) is 5.26 Å². The number of nitriles is 1. The van der Waals surface area contributed by atoms with Crippen LogP contribution in [0.15, 0.2) is 0 Å². The van der Waals surface area contributed by atoms with Crippen molar-refractivity contribution in [3.63, 3.8) is 0 Å². The minimum absolute atomic E-state index is 0.235. The van der Waals surface area contributed by atoms with Gasteiger partial charge in [0.05, 0.1) is 11.3 Å². The maximum Gasteiger partial charge on any atom is 0.256 e. The van der Waals surface area contributed by atoms with E-state index in [1.54, 1.807) is 0 Å². The van der Waals surface area contributed by atoms with Gasteiger partial charge in [-0.3, -0.25) is 4.79 Å². The van der Waals surface area contributed by atoms with Crippen molar-refractivity contribution in [2.75, 3.05) is 37.9 Å². The van der Waals surface area contributed by atoms with E-state index in [1.807, 2.05) is 13.0 Å². The number of carbonyl (C=O) groups is 1. The van der Waals surface area contributed by atoms with Gasteiger partial charge in [0, 0.05) is 26.8 Å². The average molecular weight is 282 g/mol. The van der Waals surface area contributed by atoms with Crippen LogP contribution in [0, 0.1) is 11.3 Å². The van der Waals surface area contributed by atoms with Crippen LogP contribution < -0.4 is 16.4 Å².